The summed E-state index contributed by atoms with van der Waals surface area (Å²) in [4.78, 5) is 5.13. The number of nitrogens with zero attached hydrogens (tertiary/aromatic N) is 3. The number of pyridine rings is 1. The Morgan fingerprint density at radius 1 is 1.31 bits per heavy atom. The Labute approximate surface area is 99.8 Å². The van der Waals surface area contributed by atoms with Gasteiger partial charge in [0.15, 0.2) is 17.2 Å². The van der Waals surface area contributed by atoms with Crippen molar-refractivity contribution < 1.29 is 5.11 Å². The van der Waals surface area contributed by atoms with E-state index in [1.54, 1.807) is 24.4 Å². The van der Waals surface area contributed by atoms with Gasteiger partial charge in [0.2, 0.25) is 0 Å². The number of aromatic nitrogens is 3. The first-order chi connectivity index (χ1) is 7.74. The predicted octanol–water partition coefficient (Wildman–Crippen LogP) is 2.82. The van der Waals surface area contributed by atoms with Crippen LogP contribution >= 0.6 is 22.9 Å². The fourth-order valence-electron chi connectivity index (χ4n) is 1.43. The van der Waals surface area contributed by atoms with Crippen LogP contribution in [0.4, 0.5) is 0 Å². The third-order valence-electron chi connectivity index (χ3n) is 2.14. The standard InChI is InChI=1S/C10H6ClN3OS/c11-8-4-3-7(16-8)9-12-10-6(15)2-1-5-14(10)13-9/h1-5,15H. The molecule has 80 valence electrons. The maximum absolute atomic E-state index is 9.59. The first-order valence-electron chi connectivity index (χ1n) is 4.54. The molecule has 3 aromatic heterocycles. The SMILES string of the molecule is Oc1cccn2nc(-c3ccc(Cl)s3)nc12. The predicted molar refractivity (Wildman–Crippen MR) is 63.0 cm³/mol. The number of aromatic hydroxyl groups is 1. The Bertz CT molecular complexity index is 661. The van der Waals surface area contributed by atoms with Crippen molar-refractivity contribution in [2.45, 2.75) is 0 Å². The number of fused-ring (bicyclic) bond motifs is 1. The number of rotatable bonds is 1. The van der Waals surface area contributed by atoms with Gasteiger partial charge >= 0.3 is 0 Å². The van der Waals surface area contributed by atoms with Gasteiger partial charge in [0.25, 0.3) is 0 Å². The molecule has 0 aliphatic heterocycles. The molecule has 0 spiro atoms. The van der Waals surface area contributed by atoms with Crippen molar-refractivity contribution in [3.05, 3.63) is 34.8 Å². The van der Waals surface area contributed by atoms with Gasteiger partial charge in [-0.05, 0) is 24.3 Å². The van der Waals surface area contributed by atoms with Gasteiger partial charge in [0, 0.05) is 6.20 Å². The average molecular weight is 252 g/mol. The van der Waals surface area contributed by atoms with E-state index in [4.69, 9.17) is 11.6 Å². The van der Waals surface area contributed by atoms with Gasteiger partial charge in [0.05, 0.1) is 9.21 Å². The monoisotopic (exact) mass is 251 g/mol. The van der Waals surface area contributed by atoms with E-state index >= 15 is 0 Å². The average Bonchev–Trinajstić information content (AvgIpc) is 2.84. The summed E-state index contributed by atoms with van der Waals surface area (Å²) >= 11 is 7.25. The molecule has 0 aliphatic carbocycles. The van der Waals surface area contributed by atoms with E-state index < -0.39 is 0 Å². The summed E-state index contributed by atoms with van der Waals surface area (Å²) in [5, 5.41) is 13.8. The Morgan fingerprint density at radius 3 is 2.88 bits per heavy atom. The molecule has 0 saturated heterocycles. The van der Waals surface area contributed by atoms with Crippen molar-refractivity contribution in [2.75, 3.05) is 0 Å². The molecule has 0 fully saturated rings. The molecule has 6 heteroatoms. The quantitative estimate of drug-likeness (QED) is 0.724. The van der Waals surface area contributed by atoms with Crippen LogP contribution in [0.1, 0.15) is 0 Å². The lowest BCUT2D eigenvalue weighted by Crippen LogP contribution is -1.84. The van der Waals surface area contributed by atoms with Crippen LogP contribution in [0.15, 0.2) is 30.5 Å². The first-order valence-corrected chi connectivity index (χ1v) is 5.73. The van der Waals surface area contributed by atoms with E-state index in [2.05, 4.69) is 10.1 Å². The van der Waals surface area contributed by atoms with Gasteiger partial charge in [0.1, 0.15) is 0 Å². The smallest absolute Gasteiger partial charge is 0.198 e. The van der Waals surface area contributed by atoms with Crippen LogP contribution in [-0.2, 0) is 0 Å². The van der Waals surface area contributed by atoms with Gasteiger partial charge in [-0.1, -0.05) is 11.6 Å². The molecular formula is C10H6ClN3OS. The summed E-state index contributed by atoms with van der Waals surface area (Å²) < 4.78 is 2.23. The van der Waals surface area contributed by atoms with Crippen molar-refractivity contribution in [2.24, 2.45) is 0 Å². The van der Waals surface area contributed by atoms with Crippen molar-refractivity contribution in [1.82, 2.24) is 14.6 Å². The molecular weight excluding hydrogens is 246 g/mol. The van der Waals surface area contributed by atoms with E-state index in [1.165, 1.54) is 15.9 Å². The lowest BCUT2D eigenvalue weighted by molar-refractivity contribution is 0.477. The maximum Gasteiger partial charge on any atom is 0.198 e. The lowest BCUT2D eigenvalue weighted by Gasteiger charge is -1.91. The zero-order valence-electron chi connectivity index (χ0n) is 7.96. The van der Waals surface area contributed by atoms with Crippen LogP contribution in [0.25, 0.3) is 16.3 Å². The van der Waals surface area contributed by atoms with Gasteiger partial charge in [-0.15, -0.1) is 16.4 Å². The van der Waals surface area contributed by atoms with Crippen LogP contribution in [0, 0.1) is 0 Å². The summed E-state index contributed by atoms with van der Waals surface area (Å²) in [6, 6.07) is 6.95. The van der Waals surface area contributed by atoms with Crippen LogP contribution in [-0.4, -0.2) is 19.7 Å². The molecule has 0 unspecified atom stereocenters. The van der Waals surface area contributed by atoms with Crippen LogP contribution < -0.4 is 0 Å². The zero-order valence-corrected chi connectivity index (χ0v) is 9.53. The normalized spacial score (nSPS) is 11.1. The number of halogens is 1. The van der Waals surface area contributed by atoms with E-state index in [9.17, 15) is 5.11 Å². The minimum absolute atomic E-state index is 0.115. The summed E-state index contributed by atoms with van der Waals surface area (Å²) in [6.45, 7) is 0. The van der Waals surface area contributed by atoms with E-state index in [1.807, 2.05) is 6.07 Å². The Hall–Kier alpha value is -1.59. The van der Waals surface area contributed by atoms with Crippen LogP contribution in [0.3, 0.4) is 0 Å². The lowest BCUT2D eigenvalue weighted by atomic mass is 10.4. The minimum atomic E-state index is 0.115. The molecule has 16 heavy (non-hydrogen) atoms. The largest absolute Gasteiger partial charge is 0.504 e. The number of thiophene rings is 1. The summed E-state index contributed by atoms with van der Waals surface area (Å²) in [5.41, 5.74) is 0.446. The number of hydrogen-bond acceptors (Lipinski definition) is 4. The maximum atomic E-state index is 9.59. The van der Waals surface area contributed by atoms with Crippen LogP contribution in [0.5, 0.6) is 5.75 Å². The van der Waals surface area contributed by atoms with Gasteiger partial charge in [-0.2, -0.15) is 0 Å². The van der Waals surface area contributed by atoms with Gasteiger partial charge in [-0.25, -0.2) is 9.50 Å². The molecule has 0 radical (unpaired) electrons. The highest BCUT2D eigenvalue weighted by atomic mass is 35.5. The molecule has 0 aromatic carbocycles. The molecule has 0 amide bonds. The highest BCUT2D eigenvalue weighted by molar-refractivity contribution is 7.19. The molecule has 0 aliphatic rings. The molecule has 3 rings (SSSR count). The zero-order chi connectivity index (χ0) is 11.1. The van der Waals surface area contributed by atoms with Crippen molar-refractivity contribution in [3.8, 4) is 16.5 Å². The molecule has 0 atom stereocenters. The van der Waals surface area contributed by atoms with E-state index in [-0.39, 0.29) is 5.75 Å². The molecule has 4 nitrogen and oxygen atoms in total. The fourth-order valence-corrected chi connectivity index (χ4v) is 2.40. The van der Waals surface area contributed by atoms with E-state index in [0.717, 1.165) is 4.88 Å². The Kier molecular flexibility index (Phi) is 2.08. The highest BCUT2D eigenvalue weighted by Gasteiger charge is 2.10. The molecule has 0 saturated carbocycles. The topological polar surface area (TPSA) is 50.4 Å². The second kappa shape index (κ2) is 3.47. The summed E-state index contributed by atoms with van der Waals surface area (Å²) in [7, 11) is 0. The summed E-state index contributed by atoms with van der Waals surface area (Å²) in [5.74, 6) is 0.683. The fraction of sp³-hybridized carbons (Fsp3) is 0. The third-order valence-corrected chi connectivity index (χ3v) is 3.36. The van der Waals surface area contributed by atoms with Crippen molar-refractivity contribution in [3.63, 3.8) is 0 Å². The van der Waals surface area contributed by atoms with Crippen molar-refractivity contribution >= 4 is 28.6 Å². The Morgan fingerprint density at radius 2 is 2.19 bits per heavy atom. The van der Waals surface area contributed by atoms with Crippen LogP contribution in [0.2, 0.25) is 4.34 Å². The minimum Gasteiger partial charge on any atom is -0.504 e. The molecule has 3 aromatic rings. The second-order valence-electron chi connectivity index (χ2n) is 3.20. The second-order valence-corrected chi connectivity index (χ2v) is 4.92. The van der Waals surface area contributed by atoms with E-state index in [0.29, 0.717) is 15.8 Å². The Balaban J connectivity index is 2.22. The number of hydrogen-bond donors (Lipinski definition) is 1. The third kappa shape index (κ3) is 1.45. The van der Waals surface area contributed by atoms with Crippen molar-refractivity contribution in [1.29, 1.82) is 0 Å². The molecule has 3 heterocycles. The molecule has 0 bridgehead atoms. The van der Waals surface area contributed by atoms with Gasteiger partial charge in [-0.3, -0.25) is 0 Å². The summed E-state index contributed by atoms with van der Waals surface area (Å²) in [6.07, 6.45) is 1.74. The molecule has 1 N–H and O–H groups in total. The van der Waals surface area contributed by atoms with Gasteiger partial charge < -0.3 is 5.11 Å². The highest BCUT2D eigenvalue weighted by Crippen LogP contribution is 2.29. The first kappa shape index (κ1) is 9.62.